The molecule has 3 nitrogen and oxygen atoms in total. The molecule has 6 aromatic carbocycles. The zero-order chi connectivity index (χ0) is 27.1. The van der Waals surface area contributed by atoms with Crippen LogP contribution in [0.25, 0.3) is 11.1 Å². The SMILES string of the molecule is O=C1c2ccccc2C2(c3ccccc31)c1ccc(-c3ccccc3)cc1N1c3ccccc3Oc3cccc2c31. The molecule has 0 radical (unpaired) electrons. The lowest BCUT2D eigenvalue weighted by molar-refractivity contribution is 0.103. The van der Waals surface area contributed by atoms with Gasteiger partial charge in [0.25, 0.3) is 0 Å². The van der Waals surface area contributed by atoms with Gasteiger partial charge in [-0.3, -0.25) is 4.79 Å². The van der Waals surface area contributed by atoms with Crippen LogP contribution in [0, 0.1) is 0 Å². The monoisotopic (exact) mass is 525 g/mol. The van der Waals surface area contributed by atoms with Crippen molar-refractivity contribution in [2.45, 2.75) is 5.41 Å². The average molecular weight is 526 g/mol. The molecule has 0 unspecified atom stereocenters. The Morgan fingerprint density at radius 3 is 1.90 bits per heavy atom. The van der Waals surface area contributed by atoms with Gasteiger partial charge in [-0.1, -0.05) is 115 Å². The minimum atomic E-state index is -0.705. The van der Waals surface area contributed by atoms with E-state index in [0.29, 0.717) is 0 Å². The van der Waals surface area contributed by atoms with E-state index in [1.165, 1.54) is 0 Å². The lowest BCUT2D eigenvalue weighted by Crippen LogP contribution is -2.42. The van der Waals surface area contributed by atoms with Gasteiger partial charge in [0.2, 0.25) is 0 Å². The average Bonchev–Trinajstić information content (AvgIpc) is 3.04. The second-order valence-electron chi connectivity index (χ2n) is 10.8. The molecule has 192 valence electrons. The summed E-state index contributed by atoms with van der Waals surface area (Å²) in [5, 5.41) is 0. The van der Waals surface area contributed by atoms with Gasteiger partial charge in [-0.2, -0.15) is 0 Å². The van der Waals surface area contributed by atoms with Gasteiger partial charge in [0.05, 0.1) is 22.5 Å². The quantitative estimate of drug-likeness (QED) is 0.214. The van der Waals surface area contributed by atoms with E-state index in [-0.39, 0.29) is 5.78 Å². The lowest BCUT2D eigenvalue weighted by Gasteiger charge is -2.50. The van der Waals surface area contributed by atoms with Crippen molar-refractivity contribution in [3.63, 3.8) is 0 Å². The fourth-order valence-corrected chi connectivity index (χ4v) is 7.23. The summed E-state index contributed by atoms with van der Waals surface area (Å²) in [6, 6.07) is 48.1. The van der Waals surface area contributed by atoms with Crippen LogP contribution in [0.5, 0.6) is 11.5 Å². The van der Waals surface area contributed by atoms with Crippen LogP contribution in [0.2, 0.25) is 0 Å². The number of para-hydroxylation sites is 3. The van der Waals surface area contributed by atoms with Gasteiger partial charge in [0.15, 0.2) is 17.3 Å². The molecule has 0 fully saturated rings. The summed E-state index contributed by atoms with van der Waals surface area (Å²) in [5.74, 6) is 1.70. The Balaban J connectivity index is 1.48. The van der Waals surface area contributed by atoms with Crippen molar-refractivity contribution in [3.05, 3.63) is 173 Å². The van der Waals surface area contributed by atoms with Crippen LogP contribution in [0.3, 0.4) is 0 Å². The Bertz CT molecular complexity index is 2010. The minimum Gasteiger partial charge on any atom is -0.453 e. The molecule has 2 aliphatic heterocycles. The van der Waals surface area contributed by atoms with Crippen LogP contribution in [-0.4, -0.2) is 5.78 Å². The fourth-order valence-electron chi connectivity index (χ4n) is 7.23. The molecule has 1 spiro atoms. The molecule has 0 aromatic heterocycles. The van der Waals surface area contributed by atoms with Gasteiger partial charge in [0, 0.05) is 11.1 Å². The van der Waals surface area contributed by atoms with E-state index in [2.05, 4.69) is 83.8 Å². The van der Waals surface area contributed by atoms with Crippen molar-refractivity contribution in [2.75, 3.05) is 4.90 Å². The highest BCUT2D eigenvalue weighted by molar-refractivity contribution is 6.15. The summed E-state index contributed by atoms with van der Waals surface area (Å²) in [6.45, 7) is 0. The largest absolute Gasteiger partial charge is 0.453 e. The number of ketones is 1. The van der Waals surface area contributed by atoms with Crippen LogP contribution in [0.1, 0.15) is 38.2 Å². The number of hydrogen-bond acceptors (Lipinski definition) is 3. The van der Waals surface area contributed by atoms with Gasteiger partial charge in [0.1, 0.15) is 0 Å². The van der Waals surface area contributed by atoms with Crippen molar-refractivity contribution in [1.29, 1.82) is 0 Å². The van der Waals surface area contributed by atoms with E-state index < -0.39 is 5.41 Å². The first kappa shape index (κ1) is 22.4. The molecule has 3 aliphatic rings. The van der Waals surface area contributed by atoms with E-state index in [1.54, 1.807) is 0 Å². The normalized spacial score (nSPS) is 14.7. The molecule has 3 heteroatoms. The molecule has 6 aromatic rings. The maximum absolute atomic E-state index is 13.9. The molecule has 0 N–H and O–H groups in total. The predicted octanol–water partition coefficient (Wildman–Crippen LogP) is 9.17. The molecule has 2 heterocycles. The molecular weight excluding hydrogens is 502 g/mol. The van der Waals surface area contributed by atoms with Gasteiger partial charge in [-0.15, -0.1) is 0 Å². The molecule has 0 amide bonds. The number of carbonyl (C=O) groups is 1. The minimum absolute atomic E-state index is 0.0677. The highest BCUT2D eigenvalue weighted by Crippen LogP contribution is 2.64. The molecule has 9 rings (SSSR count). The molecule has 0 bridgehead atoms. The Morgan fingerprint density at radius 1 is 0.488 bits per heavy atom. The number of nitrogens with zero attached hydrogens (tertiary/aromatic N) is 1. The Morgan fingerprint density at radius 2 is 1.12 bits per heavy atom. The lowest BCUT2D eigenvalue weighted by atomic mass is 9.57. The summed E-state index contributed by atoms with van der Waals surface area (Å²) < 4.78 is 6.58. The Labute approximate surface area is 237 Å². The highest BCUT2D eigenvalue weighted by Gasteiger charge is 2.53. The third-order valence-electron chi connectivity index (χ3n) is 8.85. The molecule has 41 heavy (non-hydrogen) atoms. The van der Waals surface area contributed by atoms with Crippen molar-refractivity contribution in [3.8, 4) is 22.6 Å². The van der Waals surface area contributed by atoms with Crippen LogP contribution in [0.4, 0.5) is 17.1 Å². The number of benzene rings is 6. The first-order valence-corrected chi connectivity index (χ1v) is 13.9. The number of hydrogen-bond donors (Lipinski definition) is 0. The number of fused-ring (bicyclic) bond motifs is 10. The zero-order valence-electron chi connectivity index (χ0n) is 22.0. The van der Waals surface area contributed by atoms with Crippen LogP contribution in [-0.2, 0) is 5.41 Å². The number of ether oxygens (including phenoxy) is 1. The van der Waals surface area contributed by atoms with E-state index in [9.17, 15) is 4.79 Å². The summed E-state index contributed by atoms with van der Waals surface area (Å²) in [5.41, 5.74) is 10.4. The van der Waals surface area contributed by atoms with Gasteiger partial charge >= 0.3 is 0 Å². The van der Waals surface area contributed by atoms with E-state index in [0.717, 1.165) is 73.1 Å². The Hall–Kier alpha value is -5.41. The molecular formula is C38H23NO2. The van der Waals surface area contributed by atoms with Gasteiger partial charge < -0.3 is 9.64 Å². The van der Waals surface area contributed by atoms with Gasteiger partial charge in [-0.25, -0.2) is 0 Å². The third kappa shape index (κ3) is 2.80. The Kier molecular flexibility index (Phi) is 4.41. The maximum atomic E-state index is 13.9. The van der Waals surface area contributed by atoms with E-state index in [4.69, 9.17) is 4.74 Å². The maximum Gasteiger partial charge on any atom is 0.193 e. The fraction of sp³-hybridized carbons (Fsp3) is 0.0263. The van der Waals surface area contributed by atoms with Crippen molar-refractivity contribution < 1.29 is 9.53 Å². The molecule has 0 saturated heterocycles. The van der Waals surface area contributed by atoms with E-state index >= 15 is 0 Å². The topological polar surface area (TPSA) is 29.5 Å². The smallest absolute Gasteiger partial charge is 0.193 e. The van der Waals surface area contributed by atoms with Crippen molar-refractivity contribution >= 4 is 22.8 Å². The first-order valence-electron chi connectivity index (χ1n) is 13.9. The molecule has 1 aliphatic carbocycles. The van der Waals surface area contributed by atoms with Crippen LogP contribution in [0.15, 0.2) is 140 Å². The van der Waals surface area contributed by atoms with E-state index in [1.807, 2.05) is 60.7 Å². The predicted molar refractivity (Wildman–Crippen MR) is 162 cm³/mol. The standard InChI is InChI=1S/C38H23NO2/c40-37-26-13-4-6-15-28(26)38(29-16-7-5-14-27(29)37)30-22-21-25(24-11-2-1-3-12-24)23-33(30)39-32-18-8-9-19-34(32)41-35-20-10-17-31(38)36(35)39/h1-23H. The summed E-state index contributed by atoms with van der Waals surface area (Å²) in [4.78, 5) is 16.3. The second kappa shape index (κ2) is 8.06. The van der Waals surface area contributed by atoms with Gasteiger partial charge in [-0.05, 0) is 57.6 Å². The zero-order valence-corrected chi connectivity index (χ0v) is 22.0. The molecule has 0 atom stereocenters. The third-order valence-corrected chi connectivity index (χ3v) is 8.85. The van der Waals surface area contributed by atoms with Crippen LogP contribution >= 0.6 is 0 Å². The molecule has 0 saturated carbocycles. The number of carbonyl (C=O) groups excluding carboxylic acids is 1. The number of rotatable bonds is 1. The second-order valence-corrected chi connectivity index (χ2v) is 10.8. The highest BCUT2D eigenvalue weighted by atomic mass is 16.5. The van der Waals surface area contributed by atoms with Crippen molar-refractivity contribution in [1.82, 2.24) is 0 Å². The number of anilines is 3. The van der Waals surface area contributed by atoms with Crippen LogP contribution < -0.4 is 9.64 Å². The van der Waals surface area contributed by atoms with Crippen molar-refractivity contribution in [2.24, 2.45) is 0 Å². The summed E-state index contributed by atoms with van der Waals surface area (Å²) in [7, 11) is 0. The summed E-state index contributed by atoms with van der Waals surface area (Å²) in [6.07, 6.45) is 0. The summed E-state index contributed by atoms with van der Waals surface area (Å²) >= 11 is 0. The first-order chi connectivity index (χ1) is 20.3.